The number of rotatable bonds is 18. The Hall–Kier alpha value is -1.48. The molecule has 0 atom stereocenters. The molecule has 0 aromatic carbocycles. The number of hydrogen-bond donors (Lipinski definition) is 2. The standard InChI is InChI=1S/C21H36F6N2O2/c1-3-5-7-9-11-13-15-28-17(30)19(22,23)21(26,27)20(24,25)18(31)29-16-14-12-10-8-6-4-2/h3-16H2,1-2H3,(H,28,30)(H,29,31). The van der Waals surface area contributed by atoms with Crippen molar-refractivity contribution in [1.29, 1.82) is 0 Å². The van der Waals surface area contributed by atoms with Crippen LogP contribution in [0.1, 0.15) is 90.9 Å². The van der Waals surface area contributed by atoms with Gasteiger partial charge in [-0.1, -0.05) is 78.1 Å². The molecule has 2 N–H and O–H groups in total. The number of hydrogen-bond acceptors (Lipinski definition) is 2. The largest absolute Gasteiger partial charge is 0.393 e. The van der Waals surface area contributed by atoms with Gasteiger partial charge < -0.3 is 10.6 Å². The van der Waals surface area contributed by atoms with E-state index < -0.39 is 29.6 Å². The molecule has 0 aliphatic rings. The summed E-state index contributed by atoms with van der Waals surface area (Å²) in [6.45, 7) is 3.33. The van der Waals surface area contributed by atoms with Gasteiger partial charge in [0.05, 0.1) is 0 Å². The van der Waals surface area contributed by atoms with Crippen LogP contribution in [-0.4, -0.2) is 42.7 Å². The van der Waals surface area contributed by atoms with Crippen molar-refractivity contribution < 1.29 is 35.9 Å². The van der Waals surface area contributed by atoms with Gasteiger partial charge >= 0.3 is 17.8 Å². The first-order valence-corrected chi connectivity index (χ1v) is 11.2. The van der Waals surface area contributed by atoms with Crippen LogP contribution >= 0.6 is 0 Å². The molecule has 0 radical (unpaired) electrons. The minimum atomic E-state index is -6.17. The van der Waals surface area contributed by atoms with Crippen LogP contribution in [0, 0.1) is 0 Å². The molecule has 0 saturated carbocycles. The molecule has 0 aromatic heterocycles. The Kier molecular flexibility index (Phi) is 13.9. The van der Waals surface area contributed by atoms with E-state index in [0.29, 0.717) is 12.8 Å². The molecule has 0 saturated heterocycles. The van der Waals surface area contributed by atoms with Crippen molar-refractivity contribution in [3.8, 4) is 0 Å². The molecule has 4 nitrogen and oxygen atoms in total. The second kappa shape index (κ2) is 14.6. The van der Waals surface area contributed by atoms with Gasteiger partial charge in [0.1, 0.15) is 0 Å². The van der Waals surface area contributed by atoms with E-state index in [4.69, 9.17) is 0 Å². The second-order valence-electron chi connectivity index (χ2n) is 7.77. The normalized spacial score (nSPS) is 12.6. The maximum Gasteiger partial charge on any atom is 0.393 e. The average Bonchev–Trinajstić information content (AvgIpc) is 2.71. The second-order valence-corrected chi connectivity index (χ2v) is 7.77. The molecule has 0 unspecified atom stereocenters. The molecule has 0 spiro atoms. The van der Waals surface area contributed by atoms with Crippen molar-refractivity contribution in [2.75, 3.05) is 13.1 Å². The van der Waals surface area contributed by atoms with Crippen LogP contribution in [0.15, 0.2) is 0 Å². The molecule has 184 valence electrons. The highest BCUT2D eigenvalue weighted by molar-refractivity contribution is 5.89. The number of carbonyl (C=O) groups excluding carboxylic acids is 2. The maximum atomic E-state index is 13.9. The van der Waals surface area contributed by atoms with Crippen molar-refractivity contribution >= 4 is 11.8 Å². The van der Waals surface area contributed by atoms with Crippen LogP contribution in [0.25, 0.3) is 0 Å². The molecular weight excluding hydrogens is 426 g/mol. The summed E-state index contributed by atoms with van der Waals surface area (Å²) in [6.07, 6.45) is 9.06. The lowest BCUT2D eigenvalue weighted by atomic mass is 10.0. The monoisotopic (exact) mass is 462 g/mol. The number of carbonyl (C=O) groups is 2. The van der Waals surface area contributed by atoms with Gasteiger partial charge in [0.25, 0.3) is 11.8 Å². The lowest BCUT2D eigenvalue weighted by molar-refractivity contribution is -0.287. The highest BCUT2D eigenvalue weighted by atomic mass is 19.3. The first-order chi connectivity index (χ1) is 14.5. The summed E-state index contributed by atoms with van der Waals surface area (Å²) in [7, 11) is 0. The molecule has 0 heterocycles. The smallest absolute Gasteiger partial charge is 0.351 e. The van der Waals surface area contributed by atoms with Crippen molar-refractivity contribution in [1.82, 2.24) is 10.6 Å². The molecule has 0 aromatic rings. The maximum absolute atomic E-state index is 13.9. The molecule has 0 aliphatic heterocycles. The Morgan fingerprint density at radius 3 is 1.16 bits per heavy atom. The van der Waals surface area contributed by atoms with Gasteiger partial charge in [0, 0.05) is 13.1 Å². The molecule has 0 bridgehead atoms. The van der Waals surface area contributed by atoms with Crippen LogP contribution < -0.4 is 10.6 Å². The quantitative estimate of drug-likeness (QED) is 0.198. The third-order valence-corrected chi connectivity index (χ3v) is 4.99. The lowest BCUT2D eigenvalue weighted by Gasteiger charge is -2.31. The first-order valence-electron chi connectivity index (χ1n) is 11.2. The van der Waals surface area contributed by atoms with E-state index in [2.05, 4.69) is 0 Å². The third-order valence-electron chi connectivity index (χ3n) is 4.99. The Labute approximate surface area is 180 Å². The Bertz CT molecular complexity index is 486. The van der Waals surface area contributed by atoms with Gasteiger partial charge in [-0.05, 0) is 12.8 Å². The van der Waals surface area contributed by atoms with E-state index in [1.165, 1.54) is 0 Å². The summed E-state index contributed by atoms with van der Waals surface area (Å²) >= 11 is 0. The van der Waals surface area contributed by atoms with Gasteiger partial charge in [0.15, 0.2) is 0 Å². The van der Waals surface area contributed by atoms with Crippen molar-refractivity contribution in [2.45, 2.75) is 109 Å². The molecule has 2 amide bonds. The predicted octanol–water partition coefficient (Wildman–Crippen LogP) is 5.85. The van der Waals surface area contributed by atoms with Crippen LogP contribution in [0.3, 0.4) is 0 Å². The Morgan fingerprint density at radius 2 is 0.839 bits per heavy atom. The van der Waals surface area contributed by atoms with Crippen LogP contribution in [-0.2, 0) is 9.59 Å². The van der Waals surface area contributed by atoms with E-state index >= 15 is 0 Å². The number of halogens is 6. The predicted molar refractivity (Wildman–Crippen MR) is 108 cm³/mol. The third kappa shape index (κ3) is 9.27. The van der Waals surface area contributed by atoms with Crippen molar-refractivity contribution in [2.24, 2.45) is 0 Å². The minimum Gasteiger partial charge on any atom is -0.351 e. The molecule has 0 rings (SSSR count). The lowest BCUT2D eigenvalue weighted by Crippen LogP contribution is -2.65. The van der Waals surface area contributed by atoms with E-state index in [0.717, 1.165) is 51.4 Å². The van der Waals surface area contributed by atoms with Crippen molar-refractivity contribution in [3.63, 3.8) is 0 Å². The fourth-order valence-electron chi connectivity index (χ4n) is 2.92. The fourth-order valence-corrected chi connectivity index (χ4v) is 2.92. The summed E-state index contributed by atoms with van der Waals surface area (Å²) in [5.74, 6) is -22.7. The topological polar surface area (TPSA) is 58.2 Å². The van der Waals surface area contributed by atoms with E-state index in [-0.39, 0.29) is 25.9 Å². The first kappa shape index (κ1) is 29.5. The summed E-state index contributed by atoms with van der Waals surface area (Å²) in [4.78, 5) is 23.0. The molecule has 31 heavy (non-hydrogen) atoms. The molecular formula is C21H36F6N2O2. The van der Waals surface area contributed by atoms with Gasteiger partial charge in [-0.3, -0.25) is 9.59 Å². The van der Waals surface area contributed by atoms with Gasteiger partial charge in [-0.15, -0.1) is 0 Å². The zero-order chi connectivity index (χ0) is 24.0. The van der Waals surface area contributed by atoms with Gasteiger partial charge in [-0.2, -0.15) is 26.3 Å². The number of amides is 2. The summed E-state index contributed by atoms with van der Waals surface area (Å²) < 4.78 is 83.2. The fraction of sp³-hybridized carbons (Fsp3) is 0.905. The number of alkyl halides is 6. The minimum absolute atomic E-state index is 0.256. The molecule has 0 aliphatic carbocycles. The summed E-state index contributed by atoms with van der Waals surface area (Å²) in [5, 5.41) is 3.15. The van der Waals surface area contributed by atoms with Gasteiger partial charge in [0.2, 0.25) is 0 Å². The summed E-state index contributed by atoms with van der Waals surface area (Å²) in [6, 6.07) is 0. The van der Waals surface area contributed by atoms with Crippen molar-refractivity contribution in [3.05, 3.63) is 0 Å². The molecule has 10 heteroatoms. The van der Waals surface area contributed by atoms with Crippen LogP contribution in [0.4, 0.5) is 26.3 Å². The Balaban J connectivity index is 4.63. The number of nitrogens with one attached hydrogen (secondary N) is 2. The van der Waals surface area contributed by atoms with Gasteiger partial charge in [-0.25, -0.2) is 0 Å². The van der Waals surface area contributed by atoms with E-state index in [1.54, 1.807) is 10.6 Å². The molecule has 0 fully saturated rings. The van der Waals surface area contributed by atoms with E-state index in [1.807, 2.05) is 13.8 Å². The summed E-state index contributed by atoms with van der Waals surface area (Å²) in [5.41, 5.74) is 0. The highest BCUT2D eigenvalue weighted by Crippen LogP contribution is 2.46. The van der Waals surface area contributed by atoms with Crippen LogP contribution in [0.2, 0.25) is 0 Å². The SMILES string of the molecule is CCCCCCCCNC(=O)C(F)(F)C(F)(F)C(F)(F)C(=O)NCCCCCCCC. The van der Waals surface area contributed by atoms with Crippen LogP contribution in [0.5, 0.6) is 0 Å². The average molecular weight is 463 g/mol. The number of unbranched alkanes of at least 4 members (excludes halogenated alkanes) is 10. The zero-order valence-electron chi connectivity index (χ0n) is 18.5. The highest BCUT2D eigenvalue weighted by Gasteiger charge is 2.77. The zero-order valence-corrected chi connectivity index (χ0v) is 18.5. The Morgan fingerprint density at radius 1 is 0.548 bits per heavy atom. The van der Waals surface area contributed by atoms with E-state index in [9.17, 15) is 35.9 Å².